The first kappa shape index (κ1) is 15.3. The fourth-order valence-electron chi connectivity index (χ4n) is 3.20. The molecule has 0 heterocycles. The molecule has 114 valence electrons. The highest BCUT2D eigenvalue weighted by Gasteiger charge is 2.34. The second-order valence-electron chi connectivity index (χ2n) is 6.56. The van der Waals surface area contributed by atoms with Gasteiger partial charge < -0.3 is 10.0 Å². The highest BCUT2D eigenvalue weighted by atomic mass is 16.4. The summed E-state index contributed by atoms with van der Waals surface area (Å²) in [4.78, 5) is 25.1. The van der Waals surface area contributed by atoms with Crippen LogP contribution in [0.15, 0.2) is 0 Å². The summed E-state index contributed by atoms with van der Waals surface area (Å²) < 4.78 is 0. The van der Waals surface area contributed by atoms with E-state index in [4.69, 9.17) is 5.11 Å². The lowest BCUT2D eigenvalue weighted by Gasteiger charge is -2.24. The Labute approximate surface area is 121 Å². The van der Waals surface area contributed by atoms with E-state index in [2.05, 4.69) is 0 Å². The second kappa shape index (κ2) is 7.09. The lowest BCUT2D eigenvalue weighted by Crippen LogP contribution is -2.38. The van der Waals surface area contributed by atoms with Crippen LogP contribution in [0, 0.1) is 11.8 Å². The molecule has 1 atom stereocenters. The number of aliphatic carboxylic acids is 1. The van der Waals surface area contributed by atoms with Gasteiger partial charge in [-0.3, -0.25) is 9.59 Å². The summed E-state index contributed by atoms with van der Waals surface area (Å²) in [7, 11) is 0. The number of hydrogen-bond donors (Lipinski definition) is 1. The Morgan fingerprint density at radius 3 is 2.40 bits per heavy atom. The van der Waals surface area contributed by atoms with Gasteiger partial charge >= 0.3 is 5.97 Å². The average Bonchev–Trinajstić information content (AvgIpc) is 3.12. The van der Waals surface area contributed by atoms with E-state index in [1.165, 1.54) is 32.1 Å². The third kappa shape index (κ3) is 4.50. The molecule has 2 aliphatic rings. The van der Waals surface area contributed by atoms with Crippen molar-refractivity contribution in [2.75, 3.05) is 6.54 Å². The van der Waals surface area contributed by atoms with Crippen LogP contribution in [0.2, 0.25) is 0 Å². The average molecular weight is 281 g/mol. The Morgan fingerprint density at radius 2 is 1.85 bits per heavy atom. The zero-order valence-electron chi connectivity index (χ0n) is 12.5. The van der Waals surface area contributed by atoms with Gasteiger partial charge in [-0.25, -0.2) is 0 Å². The van der Waals surface area contributed by atoms with E-state index in [1.807, 2.05) is 4.90 Å². The van der Waals surface area contributed by atoms with Gasteiger partial charge in [-0.2, -0.15) is 0 Å². The fraction of sp³-hybridized carbons (Fsp3) is 0.875. The molecule has 0 aromatic carbocycles. The van der Waals surface area contributed by atoms with E-state index in [0.29, 0.717) is 19.0 Å². The molecule has 0 aromatic rings. The van der Waals surface area contributed by atoms with Gasteiger partial charge in [-0.05, 0) is 31.6 Å². The molecule has 0 saturated heterocycles. The maximum atomic E-state index is 12.3. The van der Waals surface area contributed by atoms with Crippen LogP contribution in [-0.2, 0) is 9.59 Å². The molecule has 1 amide bonds. The van der Waals surface area contributed by atoms with Gasteiger partial charge in [0, 0.05) is 19.0 Å². The van der Waals surface area contributed by atoms with Gasteiger partial charge in [0.05, 0.1) is 5.92 Å². The Bertz CT molecular complexity index is 346. The van der Waals surface area contributed by atoms with Crippen LogP contribution in [0.25, 0.3) is 0 Å². The minimum Gasteiger partial charge on any atom is -0.481 e. The number of carbonyl (C=O) groups excluding carboxylic acids is 1. The van der Waals surface area contributed by atoms with Crippen LogP contribution in [0.3, 0.4) is 0 Å². The van der Waals surface area contributed by atoms with Crippen LogP contribution in [0.1, 0.15) is 64.7 Å². The predicted molar refractivity (Wildman–Crippen MR) is 77.3 cm³/mol. The first-order valence-electron chi connectivity index (χ1n) is 8.10. The molecule has 4 nitrogen and oxygen atoms in total. The van der Waals surface area contributed by atoms with E-state index in [9.17, 15) is 9.59 Å². The molecule has 4 heteroatoms. The normalized spacial score (nSPS) is 20.9. The number of nitrogens with zero attached hydrogens (tertiary/aromatic N) is 1. The van der Waals surface area contributed by atoms with Crippen molar-refractivity contribution in [2.24, 2.45) is 11.8 Å². The largest absolute Gasteiger partial charge is 0.481 e. The predicted octanol–water partition coefficient (Wildman–Crippen LogP) is 3.06. The van der Waals surface area contributed by atoms with Crippen LogP contribution < -0.4 is 0 Å². The van der Waals surface area contributed by atoms with Crippen molar-refractivity contribution < 1.29 is 14.7 Å². The Morgan fingerprint density at radius 1 is 1.20 bits per heavy atom. The molecule has 0 spiro atoms. The van der Waals surface area contributed by atoms with Crippen molar-refractivity contribution >= 4 is 11.9 Å². The van der Waals surface area contributed by atoms with Crippen LogP contribution in [0.5, 0.6) is 0 Å². The Balaban J connectivity index is 1.73. The Hall–Kier alpha value is -1.06. The van der Waals surface area contributed by atoms with Gasteiger partial charge in [-0.15, -0.1) is 0 Å². The summed E-state index contributed by atoms with van der Waals surface area (Å²) in [6, 6.07) is 0.316. The molecule has 0 aromatic heterocycles. The van der Waals surface area contributed by atoms with Crippen molar-refractivity contribution in [1.82, 2.24) is 4.90 Å². The molecule has 1 N–H and O–H groups in total. The molecule has 2 fully saturated rings. The first-order chi connectivity index (χ1) is 9.58. The molecule has 2 rings (SSSR count). The van der Waals surface area contributed by atoms with Crippen LogP contribution in [-0.4, -0.2) is 34.5 Å². The van der Waals surface area contributed by atoms with E-state index in [1.54, 1.807) is 6.92 Å². The molecule has 20 heavy (non-hydrogen) atoms. The zero-order chi connectivity index (χ0) is 14.5. The molecule has 0 aliphatic heterocycles. The smallest absolute Gasteiger partial charge is 0.308 e. The first-order valence-corrected chi connectivity index (χ1v) is 8.10. The molecule has 0 radical (unpaired) electrons. The van der Waals surface area contributed by atoms with Gasteiger partial charge in [0.1, 0.15) is 0 Å². The number of hydrogen-bond acceptors (Lipinski definition) is 2. The number of carboxylic acids is 1. The molecule has 1 unspecified atom stereocenters. The third-order valence-electron chi connectivity index (χ3n) is 4.68. The van der Waals surface area contributed by atoms with Crippen molar-refractivity contribution in [3.63, 3.8) is 0 Å². The summed E-state index contributed by atoms with van der Waals surface area (Å²) >= 11 is 0. The minimum atomic E-state index is -0.811. The third-order valence-corrected chi connectivity index (χ3v) is 4.68. The van der Waals surface area contributed by atoms with Crippen LogP contribution >= 0.6 is 0 Å². The van der Waals surface area contributed by atoms with Crippen LogP contribution in [0.4, 0.5) is 0 Å². The van der Waals surface area contributed by atoms with Crippen molar-refractivity contribution in [1.29, 1.82) is 0 Å². The van der Waals surface area contributed by atoms with Gasteiger partial charge in [0.2, 0.25) is 5.91 Å². The fourth-order valence-corrected chi connectivity index (χ4v) is 3.20. The van der Waals surface area contributed by atoms with E-state index in [-0.39, 0.29) is 5.91 Å². The number of amides is 1. The SMILES string of the molecule is CC(CN(C(=O)CCCC1CCCC1)C1CC1)C(=O)O. The highest BCUT2D eigenvalue weighted by molar-refractivity contribution is 5.78. The lowest BCUT2D eigenvalue weighted by molar-refractivity contribution is -0.143. The maximum absolute atomic E-state index is 12.3. The number of rotatable bonds is 8. The topological polar surface area (TPSA) is 57.6 Å². The number of carboxylic acid groups (broad SMARTS) is 1. The zero-order valence-corrected chi connectivity index (χ0v) is 12.5. The quantitative estimate of drug-likeness (QED) is 0.744. The minimum absolute atomic E-state index is 0.165. The standard InChI is InChI=1S/C16H27NO3/c1-12(16(19)20)11-17(14-9-10-14)15(18)8-4-7-13-5-2-3-6-13/h12-14H,2-11H2,1H3,(H,19,20). The van der Waals surface area contributed by atoms with Gasteiger partial charge in [0.15, 0.2) is 0 Å². The van der Waals surface area contributed by atoms with Gasteiger partial charge in [0.25, 0.3) is 0 Å². The van der Waals surface area contributed by atoms with E-state index < -0.39 is 11.9 Å². The molecular weight excluding hydrogens is 254 g/mol. The maximum Gasteiger partial charge on any atom is 0.308 e. The second-order valence-corrected chi connectivity index (χ2v) is 6.56. The molecule has 2 saturated carbocycles. The van der Waals surface area contributed by atoms with Gasteiger partial charge in [-0.1, -0.05) is 32.6 Å². The molecule has 2 aliphatic carbocycles. The monoisotopic (exact) mass is 281 g/mol. The summed E-state index contributed by atoms with van der Waals surface area (Å²) in [6.07, 6.45) is 10.2. The summed E-state index contributed by atoms with van der Waals surface area (Å²) in [5.41, 5.74) is 0. The summed E-state index contributed by atoms with van der Waals surface area (Å²) in [5.74, 6) is -0.280. The van der Waals surface area contributed by atoms with Crippen molar-refractivity contribution in [2.45, 2.75) is 70.8 Å². The van der Waals surface area contributed by atoms with Crippen molar-refractivity contribution in [3.8, 4) is 0 Å². The highest BCUT2D eigenvalue weighted by Crippen LogP contribution is 2.31. The summed E-state index contributed by atoms with van der Waals surface area (Å²) in [5, 5.41) is 9.00. The van der Waals surface area contributed by atoms with E-state index >= 15 is 0 Å². The molecular formula is C16H27NO3. The number of carbonyl (C=O) groups is 2. The molecule has 0 bridgehead atoms. The Kier molecular flexibility index (Phi) is 5.44. The van der Waals surface area contributed by atoms with Crippen molar-refractivity contribution in [3.05, 3.63) is 0 Å². The summed E-state index contributed by atoms with van der Waals surface area (Å²) in [6.45, 7) is 2.06. The van der Waals surface area contributed by atoms with E-state index in [0.717, 1.165) is 25.2 Å². The lowest BCUT2D eigenvalue weighted by atomic mass is 10.0.